The average Bonchev–Trinajstić information content (AvgIpc) is 3.17. The van der Waals surface area contributed by atoms with E-state index in [4.69, 9.17) is 9.47 Å². The Labute approximate surface area is 154 Å². The maximum atomic E-state index is 13.9. The molecule has 4 rings (SSSR count). The lowest BCUT2D eigenvalue weighted by Gasteiger charge is -2.47. The zero-order valence-electron chi connectivity index (χ0n) is 14.4. The molecule has 2 fully saturated rings. The predicted molar refractivity (Wildman–Crippen MR) is 90.6 cm³/mol. The number of hydrogen-bond donors (Lipinski definition) is 0. The van der Waals surface area contributed by atoms with E-state index >= 15 is 0 Å². The van der Waals surface area contributed by atoms with Gasteiger partial charge < -0.3 is 14.4 Å². The van der Waals surface area contributed by atoms with Gasteiger partial charge in [0, 0.05) is 13.2 Å². The van der Waals surface area contributed by atoms with E-state index in [0.29, 0.717) is 18.7 Å². The van der Waals surface area contributed by atoms with Crippen molar-refractivity contribution in [2.45, 2.75) is 31.1 Å². The van der Waals surface area contributed by atoms with Crippen molar-refractivity contribution in [3.05, 3.63) is 65.5 Å². The minimum absolute atomic E-state index is 0.0554. The number of para-hydroxylation sites is 1. The first-order valence-electron chi connectivity index (χ1n) is 8.83. The number of halogens is 3. The fourth-order valence-electron chi connectivity index (χ4n) is 3.57. The van der Waals surface area contributed by atoms with Crippen molar-refractivity contribution in [2.75, 3.05) is 13.2 Å². The fourth-order valence-corrected chi connectivity index (χ4v) is 3.57. The van der Waals surface area contributed by atoms with Crippen molar-refractivity contribution >= 4 is 5.91 Å². The van der Waals surface area contributed by atoms with Crippen LogP contribution in [0.3, 0.4) is 0 Å². The molecule has 7 heteroatoms. The zero-order chi connectivity index (χ0) is 19.0. The van der Waals surface area contributed by atoms with Crippen molar-refractivity contribution in [3.63, 3.8) is 0 Å². The number of ether oxygens (including phenoxy) is 2. The van der Waals surface area contributed by atoms with Gasteiger partial charge in [-0.05, 0) is 42.7 Å². The summed E-state index contributed by atoms with van der Waals surface area (Å²) in [4.78, 5) is 14.2. The number of rotatable bonds is 5. The number of carbonyl (C=O) groups excluding carboxylic acids is 1. The molecular weight excluding hydrogens is 359 g/mol. The van der Waals surface area contributed by atoms with Gasteiger partial charge in [0.15, 0.2) is 23.2 Å². The smallest absolute Gasteiger partial charge is 0.266 e. The highest BCUT2D eigenvalue weighted by molar-refractivity contribution is 5.89. The SMILES string of the molecule is O=C1C(Oc2ccccc2F)C(c2ccc(F)c(F)c2)N1CC1CCCO1. The number of nitrogens with zero attached hydrogens (tertiary/aromatic N) is 1. The van der Waals surface area contributed by atoms with Crippen LogP contribution in [0.25, 0.3) is 0 Å². The Balaban J connectivity index is 1.61. The molecule has 1 amide bonds. The largest absolute Gasteiger partial charge is 0.475 e. The topological polar surface area (TPSA) is 38.8 Å². The number of amides is 1. The summed E-state index contributed by atoms with van der Waals surface area (Å²) < 4.78 is 52.2. The lowest BCUT2D eigenvalue weighted by atomic mass is 9.89. The number of β-lactam (4-membered cyclic amide) rings is 1. The Morgan fingerprint density at radius 1 is 1.07 bits per heavy atom. The van der Waals surface area contributed by atoms with Crippen molar-refractivity contribution in [1.29, 1.82) is 0 Å². The highest BCUT2D eigenvalue weighted by atomic mass is 19.2. The normalized spacial score (nSPS) is 24.8. The van der Waals surface area contributed by atoms with E-state index in [1.807, 2.05) is 0 Å². The van der Waals surface area contributed by atoms with E-state index in [9.17, 15) is 18.0 Å². The van der Waals surface area contributed by atoms with Gasteiger partial charge in [-0.3, -0.25) is 4.79 Å². The predicted octanol–water partition coefficient (Wildman–Crippen LogP) is 3.61. The van der Waals surface area contributed by atoms with Gasteiger partial charge >= 0.3 is 0 Å². The number of likely N-dealkylation sites (tertiary alicyclic amines) is 1. The highest BCUT2D eigenvalue weighted by Gasteiger charge is 2.51. The van der Waals surface area contributed by atoms with Gasteiger partial charge in [-0.25, -0.2) is 13.2 Å². The molecule has 2 heterocycles. The summed E-state index contributed by atoms with van der Waals surface area (Å²) >= 11 is 0. The van der Waals surface area contributed by atoms with Gasteiger partial charge in [-0.15, -0.1) is 0 Å². The summed E-state index contributed by atoms with van der Waals surface area (Å²) in [5.74, 6) is -2.95. The van der Waals surface area contributed by atoms with Crippen molar-refractivity contribution in [1.82, 2.24) is 4.90 Å². The van der Waals surface area contributed by atoms with Crippen LogP contribution in [-0.2, 0) is 9.53 Å². The van der Waals surface area contributed by atoms with Crippen LogP contribution in [0.1, 0.15) is 24.4 Å². The average molecular weight is 377 g/mol. The van der Waals surface area contributed by atoms with Crippen molar-refractivity contribution in [3.8, 4) is 5.75 Å². The quantitative estimate of drug-likeness (QED) is 0.748. The molecule has 3 unspecified atom stereocenters. The molecule has 0 aliphatic carbocycles. The second kappa shape index (κ2) is 7.23. The Bertz CT molecular complexity index is 854. The number of benzene rings is 2. The van der Waals surface area contributed by atoms with Crippen molar-refractivity contribution in [2.24, 2.45) is 0 Å². The van der Waals surface area contributed by atoms with Crippen LogP contribution in [0.5, 0.6) is 5.75 Å². The van der Waals surface area contributed by atoms with Crippen LogP contribution in [0.4, 0.5) is 13.2 Å². The number of carbonyl (C=O) groups is 1. The first-order chi connectivity index (χ1) is 13.0. The lowest BCUT2D eigenvalue weighted by molar-refractivity contribution is -0.167. The molecule has 0 radical (unpaired) electrons. The van der Waals surface area contributed by atoms with Crippen LogP contribution in [0.15, 0.2) is 42.5 Å². The molecule has 27 heavy (non-hydrogen) atoms. The zero-order valence-corrected chi connectivity index (χ0v) is 14.4. The van der Waals surface area contributed by atoms with Gasteiger partial charge in [0.2, 0.25) is 6.10 Å². The minimum atomic E-state index is -1.01. The Kier molecular flexibility index (Phi) is 4.78. The molecule has 0 spiro atoms. The van der Waals surface area contributed by atoms with E-state index in [1.54, 1.807) is 6.07 Å². The van der Waals surface area contributed by atoms with E-state index in [-0.39, 0.29) is 17.8 Å². The highest BCUT2D eigenvalue weighted by Crippen LogP contribution is 2.39. The summed E-state index contributed by atoms with van der Waals surface area (Å²) in [7, 11) is 0. The van der Waals surface area contributed by atoms with Gasteiger partial charge in [-0.2, -0.15) is 0 Å². The van der Waals surface area contributed by atoms with Crippen LogP contribution in [0.2, 0.25) is 0 Å². The molecular formula is C20H18F3NO3. The van der Waals surface area contributed by atoms with E-state index in [0.717, 1.165) is 25.0 Å². The van der Waals surface area contributed by atoms with Gasteiger partial charge in [-0.1, -0.05) is 18.2 Å². The number of hydrogen-bond acceptors (Lipinski definition) is 3. The summed E-state index contributed by atoms with van der Waals surface area (Å²) in [6, 6.07) is 8.60. The van der Waals surface area contributed by atoms with Gasteiger partial charge in [0.05, 0.1) is 6.10 Å². The maximum Gasteiger partial charge on any atom is 0.266 e. The molecule has 2 aliphatic rings. The molecule has 4 nitrogen and oxygen atoms in total. The summed E-state index contributed by atoms with van der Waals surface area (Å²) in [5, 5.41) is 0. The van der Waals surface area contributed by atoms with E-state index < -0.39 is 29.6 Å². The molecule has 0 aromatic heterocycles. The molecule has 0 N–H and O–H groups in total. The summed E-state index contributed by atoms with van der Waals surface area (Å²) in [6.07, 6.45) is 0.634. The van der Waals surface area contributed by atoms with Crippen LogP contribution < -0.4 is 4.74 Å². The molecule has 3 atom stereocenters. The van der Waals surface area contributed by atoms with E-state index in [2.05, 4.69) is 0 Å². The molecule has 0 saturated carbocycles. The lowest BCUT2D eigenvalue weighted by Crippen LogP contribution is -2.62. The Hall–Kier alpha value is -2.54. The van der Waals surface area contributed by atoms with Gasteiger partial charge in [0.1, 0.15) is 6.04 Å². The van der Waals surface area contributed by atoms with Crippen LogP contribution in [0, 0.1) is 17.5 Å². The summed E-state index contributed by atoms with van der Waals surface area (Å²) in [5.41, 5.74) is 0.396. The first kappa shape index (κ1) is 17.9. The third kappa shape index (κ3) is 3.39. The molecule has 2 aromatic rings. The molecule has 0 bridgehead atoms. The molecule has 2 saturated heterocycles. The standard InChI is InChI=1S/C20H18F3NO3/c21-14-8-7-12(10-16(14)23)18-19(27-17-6-2-1-5-15(17)22)20(25)24(18)11-13-4-3-9-26-13/h1-2,5-8,10,13,18-19H,3-4,9,11H2. The summed E-state index contributed by atoms with van der Waals surface area (Å²) in [6.45, 7) is 0.970. The van der Waals surface area contributed by atoms with Crippen molar-refractivity contribution < 1.29 is 27.4 Å². The van der Waals surface area contributed by atoms with Crippen LogP contribution >= 0.6 is 0 Å². The maximum absolute atomic E-state index is 13.9. The second-order valence-electron chi connectivity index (χ2n) is 6.71. The van der Waals surface area contributed by atoms with E-state index in [1.165, 1.54) is 29.2 Å². The molecule has 2 aromatic carbocycles. The Morgan fingerprint density at radius 2 is 1.89 bits per heavy atom. The third-order valence-electron chi connectivity index (χ3n) is 4.95. The fraction of sp³-hybridized carbons (Fsp3) is 0.350. The second-order valence-corrected chi connectivity index (χ2v) is 6.71. The first-order valence-corrected chi connectivity index (χ1v) is 8.83. The monoisotopic (exact) mass is 377 g/mol. The van der Waals surface area contributed by atoms with Crippen LogP contribution in [-0.4, -0.2) is 36.2 Å². The van der Waals surface area contributed by atoms with Gasteiger partial charge in [0.25, 0.3) is 5.91 Å². The molecule has 142 valence electrons. The Morgan fingerprint density at radius 3 is 2.59 bits per heavy atom. The minimum Gasteiger partial charge on any atom is -0.475 e. The molecule has 2 aliphatic heterocycles. The third-order valence-corrected chi connectivity index (χ3v) is 4.95.